The van der Waals surface area contributed by atoms with Gasteiger partial charge in [-0.3, -0.25) is 19.7 Å². The highest BCUT2D eigenvalue weighted by Gasteiger charge is 2.57. The smallest absolute Gasteiger partial charge is 0.267 e. The molecule has 0 bridgehead atoms. The van der Waals surface area contributed by atoms with Crippen molar-refractivity contribution in [2.24, 2.45) is 28.5 Å². The van der Waals surface area contributed by atoms with E-state index >= 15 is 0 Å². The van der Waals surface area contributed by atoms with Crippen molar-refractivity contribution in [2.45, 2.75) is 12.0 Å². The highest BCUT2D eigenvalue weighted by atomic mass is 79.9. The number of hydrogen-bond donors (Lipinski definition) is 8. The van der Waals surface area contributed by atoms with E-state index in [0.29, 0.717) is 17.9 Å². The first-order valence-corrected chi connectivity index (χ1v) is 12.1. The SMILES string of the molecule is NC1=NC([C@H]2[C@H](CNC(=O)c3cc(Br)c[nH]3)[C@@H](CNC(=O)c3ccc[nH]3)[C@@H]2c2cnc(N)[nH]2)C(=O)N1. The number of rotatable bonds is 8. The number of aliphatic imine (C=N–C) groups is 1. The quantitative estimate of drug-likeness (QED) is 0.191. The van der Waals surface area contributed by atoms with Gasteiger partial charge in [-0.25, -0.2) is 9.98 Å². The Morgan fingerprint density at radius 2 is 1.83 bits per heavy atom. The molecular formula is C22H25BrN10O3. The Bertz CT molecular complexity index is 1310. The van der Waals surface area contributed by atoms with Crippen LogP contribution in [-0.4, -0.2) is 62.7 Å². The van der Waals surface area contributed by atoms with Gasteiger partial charge in [-0.05, 0) is 46.0 Å². The Kier molecular flexibility index (Phi) is 6.26. The highest BCUT2D eigenvalue weighted by molar-refractivity contribution is 9.10. The van der Waals surface area contributed by atoms with Gasteiger partial charge in [0.05, 0.1) is 6.20 Å². The standard InChI is InChI=1S/C22H25BrN10O3/c23-9-4-13(27-5-9)19(35)29-7-11-10(6-28-18(34)12-2-1-3-26-12)15(14-8-30-21(24)31-14)16(11)17-20(36)33-22(25)32-17/h1-5,8,10-11,15-17,26-27H,6-7H2,(H,28,34)(H,29,35)(H3,24,30,31)(H3,25,32,33,36)/t10-,11-,15-,16+,17?/m1/s1. The number of aromatic amines is 3. The van der Waals surface area contributed by atoms with Crippen molar-refractivity contribution in [3.05, 3.63) is 58.3 Å². The van der Waals surface area contributed by atoms with Gasteiger partial charge < -0.3 is 37.1 Å². The van der Waals surface area contributed by atoms with Crippen molar-refractivity contribution in [1.82, 2.24) is 35.9 Å². The van der Waals surface area contributed by atoms with Crippen LogP contribution in [0, 0.1) is 17.8 Å². The van der Waals surface area contributed by atoms with E-state index in [2.05, 4.69) is 56.8 Å². The topological polar surface area (TPSA) is 212 Å². The van der Waals surface area contributed by atoms with Gasteiger partial charge in [0.15, 0.2) is 11.9 Å². The molecule has 1 saturated carbocycles. The maximum absolute atomic E-state index is 12.7. The van der Waals surface area contributed by atoms with E-state index in [0.717, 1.165) is 10.2 Å². The predicted molar refractivity (Wildman–Crippen MR) is 134 cm³/mol. The number of carbonyl (C=O) groups is 3. The average molecular weight is 557 g/mol. The molecule has 14 heteroatoms. The second-order valence-corrected chi connectivity index (χ2v) is 9.75. The van der Waals surface area contributed by atoms with Gasteiger partial charge in [0.2, 0.25) is 0 Å². The van der Waals surface area contributed by atoms with Gasteiger partial charge in [0.25, 0.3) is 17.7 Å². The maximum atomic E-state index is 12.7. The summed E-state index contributed by atoms with van der Waals surface area (Å²) in [5.41, 5.74) is 13.2. The first kappa shape index (κ1) is 23.7. The molecule has 10 N–H and O–H groups in total. The molecule has 1 aliphatic carbocycles. The van der Waals surface area contributed by atoms with E-state index in [1.165, 1.54) is 0 Å². The Labute approximate surface area is 213 Å². The summed E-state index contributed by atoms with van der Waals surface area (Å²) in [5, 5.41) is 8.46. The van der Waals surface area contributed by atoms with E-state index in [1.807, 2.05) is 0 Å². The van der Waals surface area contributed by atoms with Crippen LogP contribution in [0.3, 0.4) is 0 Å². The number of anilines is 1. The molecule has 1 unspecified atom stereocenters. The third-order valence-electron chi connectivity index (χ3n) is 6.79. The van der Waals surface area contributed by atoms with Crippen molar-refractivity contribution in [3.63, 3.8) is 0 Å². The van der Waals surface area contributed by atoms with E-state index in [9.17, 15) is 14.4 Å². The summed E-state index contributed by atoms with van der Waals surface area (Å²) in [6, 6.07) is 4.34. The fourth-order valence-corrected chi connectivity index (χ4v) is 5.54. The van der Waals surface area contributed by atoms with Crippen molar-refractivity contribution in [3.8, 4) is 0 Å². The monoisotopic (exact) mass is 556 g/mol. The molecule has 0 saturated heterocycles. The number of carbonyl (C=O) groups excluding carboxylic acids is 3. The number of imidazole rings is 1. The third-order valence-corrected chi connectivity index (χ3v) is 7.25. The van der Waals surface area contributed by atoms with Crippen LogP contribution in [-0.2, 0) is 4.79 Å². The summed E-state index contributed by atoms with van der Waals surface area (Å²) in [6.07, 6.45) is 4.96. The Balaban J connectivity index is 1.41. The first-order valence-electron chi connectivity index (χ1n) is 11.3. The van der Waals surface area contributed by atoms with Gasteiger partial charge in [-0.1, -0.05) is 0 Å². The van der Waals surface area contributed by atoms with Gasteiger partial charge >= 0.3 is 0 Å². The number of amides is 3. The second-order valence-electron chi connectivity index (χ2n) is 8.84. The van der Waals surface area contributed by atoms with E-state index in [4.69, 9.17) is 11.5 Å². The number of H-pyrrole nitrogens is 3. The second kappa shape index (κ2) is 9.53. The van der Waals surface area contributed by atoms with E-state index < -0.39 is 6.04 Å². The number of guanidine groups is 1. The molecule has 3 aromatic heterocycles. The molecule has 5 rings (SSSR count). The molecule has 4 heterocycles. The lowest BCUT2D eigenvalue weighted by Gasteiger charge is -2.53. The number of nitrogens with two attached hydrogens (primary N) is 2. The number of nitrogens with zero attached hydrogens (tertiary/aromatic N) is 2. The minimum atomic E-state index is -0.753. The minimum absolute atomic E-state index is 0.0513. The third kappa shape index (κ3) is 4.46. The maximum Gasteiger partial charge on any atom is 0.267 e. The van der Waals surface area contributed by atoms with Gasteiger partial charge in [0.1, 0.15) is 17.4 Å². The molecule has 2 aliphatic rings. The molecule has 13 nitrogen and oxygen atoms in total. The molecule has 1 fully saturated rings. The number of nitrogens with one attached hydrogen (secondary N) is 6. The minimum Gasteiger partial charge on any atom is -0.370 e. The molecule has 36 heavy (non-hydrogen) atoms. The summed E-state index contributed by atoms with van der Waals surface area (Å²) in [5.74, 6) is -1.51. The average Bonchev–Trinajstić information content (AvgIpc) is 3.62. The number of halogens is 1. The fraction of sp³-hybridized carbons (Fsp3) is 0.318. The van der Waals surface area contributed by atoms with Gasteiger partial charge in [0, 0.05) is 47.5 Å². The summed E-state index contributed by atoms with van der Waals surface area (Å²) in [7, 11) is 0. The zero-order chi connectivity index (χ0) is 25.4. The van der Waals surface area contributed by atoms with Crippen LogP contribution in [0.2, 0.25) is 0 Å². The molecule has 0 spiro atoms. The molecule has 1 aliphatic heterocycles. The molecule has 5 atom stereocenters. The molecule has 188 valence electrons. The molecule has 0 radical (unpaired) electrons. The van der Waals surface area contributed by atoms with Crippen LogP contribution >= 0.6 is 15.9 Å². The van der Waals surface area contributed by atoms with Crippen molar-refractivity contribution >= 4 is 45.6 Å². The van der Waals surface area contributed by atoms with Crippen LogP contribution in [0.1, 0.15) is 32.6 Å². The van der Waals surface area contributed by atoms with Crippen LogP contribution in [0.5, 0.6) is 0 Å². The van der Waals surface area contributed by atoms with E-state index in [-0.39, 0.29) is 59.8 Å². The summed E-state index contributed by atoms with van der Waals surface area (Å²) >= 11 is 3.32. The Morgan fingerprint density at radius 3 is 2.42 bits per heavy atom. The van der Waals surface area contributed by atoms with E-state index in [1.54, 1.807) is 36.8 Å². The van der Waals surface area contributed by atoms with Crippen LogP contribution in [0.4, 0.5) is 5.95 Å². The molecule has 3 aromatic rings. The lowest BCUT2D eigenvalue weighted by atomic mass is 9.53. The molecular weight excluding hydrogens is 532 g/mol. The predicted octanol–water partition coefficient (Wildman–Crippen LogP) is 0.0295. The van der Waals surface area contributed by atoms with Gasteiger partial charge in [-0.15, -0.1) is 0 Å². The number of hydrogen-bond acceptors (Lipinski definition) is 7. The summed E-state index contributed by atoms with van der Waals surface area (Å²) in [4.78, 5) is 55.4. The Hall–Kier alpha value is -4.07. The zero-order valence-corrected chi connectivity index (χ0v) is 20.5. The molecule has 3 amide bonds. The summed E-state index contributed by atoms with van der Waals surface area (Å²) in [6.45, 7) is 0.544. The largest absolute Gasteiger partial charge is 0.370 e. The van der Waals surface area contributed by atoms with Gasteiger partial charge in [-0.2, -0.15) is 0 Å². The fourth-order valence-electron chi connectivity index (χ4n) is 5.20. The van der Waals surface area contributed by atoms with Crippen LogP contribution in [0.25, 0.3) is 0 Å². The van der Waals surface area contributed by atoms with Crippen molar-refractivity contribution in [1.29, 1.82) is 0 Å². The van der Waals surface area contributed by atoms with Crippen LogP contribution in [0.15, 0.2) is 46.3 Å². The zero-order valence-electron chi connectivity index (χ0n) is 18.9. The number of aromatic nitrogens is 4. The van der Waals surface area contributed by atoms with Crippen molar-refractivity contribution < 1.29 is 14.4 Å². The normalized spacial score (nSPS) is 25.1. The first-order chi connectivity index (χ1) is 17.3. The number of nitrogen functional groups attached to an aromatic ring is 1. The van der Waals surface area contributed by atoms with Crippen molar-refractivity contribution in [2.75, 3.05) is 18.8 Å². The highest BCUT2D eigenvalue weighted by Crippen LogP contribution is 2.54. The van der Waals surface area contributed by atoms with Crippen LogP contribution < -0.4 is 27.4 Å². The lowest BCUT2D eigenvalue weighted by molar-refractivity contribution is -0.124. The Morgan fingerprint density at radius 1 is 1.08 bits per heavy atom. The lowest BCUT2D eigenvalue weighted by Crippen LogP contribution is -2.59. The summed E-state index contributed by atoms with van der Waals surface area (Å²) < 4.78 is 0.753. The molecule has 0 aromatic carbocycles.